The van der Waals surface area contributed by atoms with Crippen molar-refractivity contribution >= 4 is 50.8 Å². The van der Waals surface area contributed by atoms with Gasteiger partial charge in [0.1, 0.15) is 0 Å². The van der Waals surface area contributed by atoms with Crippen LogP contribution < -0.4 is 0 Å². The molecule has 0 bridgehead atoms. The Bertz CT molecular complexity index is 95.2. The molecule has 0 spiro atoms. The molecule has 0 saturated heterocycles. The van der Waals surface area contributed by atoms with Crippen LogP contribution in [0.25, 0.3) is 0 Å². The van der Waals surface area contributed by atoms with E-state index in [1.165, 1.54) is 0 Å². The lowest BCUT2D eigenvalue weighted by molar-refractivity contribution is 0.762. The molecule has 9 heavy (non-hydrogen) atoms. The highest BCUT2D eigenvalue weighted by molar-refractivity contribution is 7.65. The first-order chi connectivity index (χ1) is 3.81. The summed E-state index contributed by atoms with van der Waals surface area (Å²) in [5.74, 6) is 0.399. The predicted molar refractivity (Wildman–Crippen MR) is 48.1 cm³/mol. The van der Waals surface area contributed by atoms with Gasteiger partial charge in [0.05, 0.1) is 0 Å². The van der Waals surface area contributed by atoms with Crippen molar-refractivity contribution < 1.29 is 0 Å². The number of alkyl halides is 1. The Kier molecular flexibility index (Phi) is 3.67. The largest absolute Gasteiger partial charge is 0.347 e. The lowest BCUT2D eigenvalue weighted by atomic mass is 10.2. The fourth-order valence-electron chi connectivity index (χ4n) is 0.0758. The molecular weight excluding hydrogens is 218 g/mol. The van der Waals surface area contributed by atoms with Crippen molar-refractivity contribution in [2.24, 2.45) is 0 Å². The van der Waals surface area contributed by atoms with E-state index < -0.39 is 6.00 Å². The molecule has 0 aliphatic carbocycles. The third kappa shape index (κ3) is 2.85. The first kappa shape index (κ1) is 10.4. The van der Waals surface area contributed by atoms with E-state index in [1.807, 2.05) is 13.8 Å². The Morgan fingerprint density at radius 3 is 1.56 bits per heavy atom. The number of hydrogen-bond acceptors (Lipinski definition) is 0. The van der Waals surface area contributed by atoms with Crippen molar-refractivity contribution in [1.29, 1.82) is 0 Å². The summed E-state index contributed by atoms with van der Waals surface area (Å²) in [4.78, 5) is 0. The molecule has 0 unspecified atom stereocenters. The summed E-state index contributed by atoms with van der Waals surface area (Å²) in [5.41, 5.74) is 0. The molecule has 0 radical (unpaired) electrons. The summed E-state index contributed by atoms with van der Waals surface area (Å²) in [5, 5.41) is -0.320. The number of hydrogen-bond donors (Lipinski definition) is 0. The van der Waals surface area contributed by atoms with E-state index in [9.17, 15) is 0 Å². The van der Waals surface area contributed by atoms with Gasteiger partial charge in [-0.1, -0.05) is 13.8 Å². The SMILES string of the molecule is CC(C)(CCl)[Si](Cl)(Cl)Cl. The number of halogens is 4. The Morgan fingerprint density at radius 2 is 1.56 bits per heavy atom. The summed E-state index contributed by atoms with van der Waals surface area (Å²) in [6.45, 7) is 3.72. The fraction of sp³-hybridized carbons (Fsp3) is 1.00. The topological polar surface area (TPSA) is 0 Å². The summed E-state index contributed by atoms with van der Waals surface area (Å²) in [7, 11) is 0. The molecule has 0 saturated carbocycles. The summed E-state index contributed by atoms with van der Waals surface area (Å²) in [6, 6.07) is -2.60. The maximum absolute atomic E-state index is 5.71. The molecule has 0 aromatic carbocycles. The summed E-state index contributed by atoms with van der Waals surface area (Å²) in [6.07, 6.45) is 0. The third-order valence-corrected chi connectivity index (χ3v) is 8.31. The zero-order valence-corrected chi connectivity index (χ0v) is 9.24. The standard InChI is InChI=1S/C4H8Cl4Si/c1-4(2,3-5)9(6,7)8/h3H2,1-2H3. The van der Waals surface area contributed by atoms with Crippen molar-refractivity contribution in [3.63, 3.8) is 0 Å². The van der Waals surface area contributed by atoms with E-state index in [1.54, 1.807) is 0 Å². The molecule has 0 aromatic rings. The highest BCUT2D eigenvalue weighted by Gasteiger charge is 2.43. The van der Waals surface area contributed by atoms with Gasteiger partial charge in [-0.2, -0.15) is 0 Å². The highest BCUT2D eigenvalue weighted by atomic mass is 35.8. The van der Waals surface area contributed by atoms with E-state index in [-0.39, 0.29) is 5.04 Å². The van der Waals surface area contributed by atoms with Crippen molar-refractivity contribution in [3.05, 3.63) is 0 Å². The van der Waals surface area contributed by atoms with E-state index in [4.69, 9.17) is 44.8 Å². The summed E-state index contributed by atoms with van der Waals surface area (Å²) < 4.78 is 0. The molecule has 5 heteroatoms. The minimum Gasteiger partial charge on any atom is -0.126 e. The maximum Gasteiger partial charge on any atom is 0.347 e. The lowest BCUT2D eigenvalue weighted by Crippen LogP contribution is -2.29. The van der Waals surface area contributed by atoms with Gasteiger partial charge in [-0.25, -0.2) is 0 Å². The van der Waals surface area contributed by atoms with Crippen LogP contribution in [0.4, 0.5) is 0 Å². The quantitative estimate of drug-likeness (QED) is 0.383. The van der Waals surface area contributed by atoms with E-state index in [0.29, 0.717) is 5.88 Å². The van der Waals surface area contributed by atoms with Crippen LogP contribution in [-0.2, 0) is 0 Å². The zero-order valence-electron chi connectivity index (χ0n) is 5.22. The molecule has 0 aliphatic heterocycles. The molecule has 0 amide bonds. The van der Waals surface area contributed by atoms with Gasteiger partial charge in [-0.15, -0.1) is 44.8 Å². The van der Waals surface area contributed by atoms with E-state index >= 15 is 0 Å². The van der Waals surface area contributed by atoms with E-state index in [2.05, 4.69) is 0 Å². The second kappa shape index (κ2) is 3.18. The lowest BCUT2D eigenvalue weighted by Gasteiger charge is -2.26. The molecule has 0 nitrogen and oxygen atoms in total. The van der Waals surface area contributed by atoms with Crippen LogP contribution in [0.1, 0.15) is 13.8 Å². The summed E-state index contributed by atoms with van der Waals surface area (Å²) >= 11 is 22.7. The Morgan fingerprint density at radius 1 is 1.22 bits per heavy atom. The molecule has 0 heterocycles. The predicted octanol–water partition coefficient (Wildman–Crippen LogP) is 3.66. The van der Waals surface area contributed by atoms with Gasteiger partial charge in [-0.05, 0) is 0 Å². The average molecular weight is 226 g/mol. The van der Waals surface area contributed by atoms with Crippen LogP contribution in [0.3, 0.4) is 0 Å². The molecule has 56 valence electrons. The highest BCUT2D eigenvalue weighted by Crippen LogP contribution is 2.45. The molecular formula is C4H8Cl4Si. The van der Waals surface area contributed by atoms with Crippen LogP contribution in [0, 0.1) is 0 Å². The van der Waals surface area contributed by atoms with Gasteiger partial charge < -0.3 is 0 Å². The molecule has 0 fully saturated rings. The van der Waals surface area contributed by atoms with Gasteiger partial charge in [0.2, 0.25) is 0 Å². The minimum atomic E-state index is -2.60. The third-order valence-electron chi connectivity index (χ3n) is 1.10. The van der Waals surface area contributed by atoms with Crippen LogP contribution in [0.5, 0.6) is 0 Å². The van der Waals surface area contributed by atoms with Crippen LogP contribution in [0.2, 0.25) is 5.04 Å². The van der Waals surface area contributed by atoms with Crippen LogP contribution >= 0.6 is 44.8 Å². The van der Waals surface area contributed by atoms with Crippen LogP contribution in [0.15, 0.2) is 0 Å². The van der Waals surface area contributed by atoms with Gasteiger partial charge in [0.15, 0.2) is 0 Å². The smallest absolute Gasteiger partial charge is 0.126 e. The van der Waals surface area contributed by atoms with Gasteiger partial charge in [-0.3, -0.25) is 0 Å². The maximum atomic E-state index is 5.71. The second-order valence-corrected chi connectivity index (χ2v) is 12.0. The average Bonchev–Trinajstić information content (AvgIpc) is 1.64. The Hall–Kier alpha value is 1.38. The van der Waals surface area contributed by atoms with Gasteiger partial charge in [0.25, 0.3) is 0 Å². The Labute approximate surface area is 75.5 Å². The molecule has 0 aromatic heterocycles. The zero-order chi connectivity index (χ0) is 7.71. The molecule has 0 rings (SSSR count). The first-order valence-corrected chi connectivity index (χ1v) is 8.01. The molecule has 0 atom stereocenters. The van der Waals surface area contributed by atoms with Gasteiger partial charge >= 0.3 is 6.00 Å². The van der Waals surface area contributed by atoms with Crippen molar-refractivity contribution in [3.8, 4) is 0 Å². The molecule has 0 N–H and O–H groups in total. The van der Waals surface area contributed by atoms with Crippen LogP contribution in [-0.4, -0.2) is 11.9 Å². The molecule has 0 aliphatic rings. The van der Waals surface area contributed by atoms with E-state index in [0.717, 1.165) is 0 Å². The first-order valence-electron chi connectivity index (χ1n) is 2.44. The van der Waals surface area contributed by atoms with Crippen molar-refractivity contribution in [1.82, 2.24) is 0 Å². The van der Waals surface area contributed by atoms with Crippen molar-refractivity contribution in [2.45, 2.75) is 18.9 Å². The normalized spacial score (nSPS) is 14.0. The second-order valence-electron chi connectivity index (χ2n) is 2.52. The number of rotatable bonds is 2. The van der Waals surface area contributed by atoms with Gasteiger partial charge in [0, 0.05) is 10.9 Å². The Balaban J connectivity index is 4.14. The monoisotopic (exact) mass is 224 g/mol. The van der Waals surface area contributed by atoms with Crippen molar-refractivity contribution in [2.75, 3.05) is 5.88 Å². The minimum absolute atomic E-state index is 0.320. The fourth-order valence-corrected chi connectivity index (χ4v) is 2.05.